The minimum Gasteiger partial charge on any atom is -0.426 e. The summed E-state index contributed by atoms with van der Waals surface area (Å²) in [5.74, 6) is -0.0346. The molecule has 64 valence electrons. The van der Waals surface area contributed by atoms with E-state index in [4.69, 9.17) is 5.02 Å². The smallest absolute Gasteiger partial charge is 0.426 e. The molecule has 0 aromatic carbocycles. The van der Waals surface area contributed by atoms with Crippen LogP contribution in [0.25, 0.3) is 0 Å². The Labute approximate surface area is 71.8 Å². The summed E-state index contributed by atoms with van der Waals surface area (Å²) in [5, 5.41) is 8.60. The number of thiol groups is 1. The van der Waals surface area contributed by atoms with Gasteiger partial charge in [0, 0.05) is 11.7 Å². The highest BCUT2D eigenvalue weighted by atomic mass is 32.1. The van der Waals surface area contributed by atoms with E-state index < -0.39 is 7.12 Å². The van der Waals surface area contributed by atoms with Gasteiger partial charge in [0.05, 0.1) is 0 Å². The van der Waals surface area contributed by atoms with Crippen LogP contribution in [-0.4, -0.2) is 23.8 Å². The van der Waals surface area contributed by atoms with Crippen molar-refractivity contribution in [2.45, 2.75) is 13.7 Å². The molecule has 0 bridgehead atoms. The van der Waals surface area contributed by atoms with Crippen LogP contribution in [0.15, 0.2) is 0 Å². The van der Waals surface area contributed by atoms with Gasteiger partial charge in [-0.2, -0.15) is 12.6 Å². The number of rotatable bonds is 4. The van der Waals surface area contributed by atoms with Crippen molar-refractivity contribution in [1.29, 1.82) is 0 Å². The first-order chi connectivity index (χ1) is 5.07. The van der Waals surface area contributed by atoms with Crippen molar-refractivity contribution >= 4 is 25.7 Å². The molecule has 0 aliphatic carbocycles. The molecule has 0 saturated carbocycles. The summed E-state index contributed by atoms with van der Waals surface area (Å²) in [6.07, 6.45) is 0. The van der Waals surface area contributed by atoms with Crippen LogP contribution in [0.5, 0.6) is 0 Å². The average molecular weight is 177 g/mol. The van der Waals surface area contributed by atoms with E-state index in [0.717, 1.165) is 0 Å². The maximum Gasteiger partial charge on any atom is 0.475 e. The van der Waals surface area contributed by atoms with Gasteiger partial charge in [-0.05, 0) is 6.82 Å². The van der Waals surface area contributed by atoms with Gasteiger partial charge in [0.1, 0.15) is 0 Å². The molecular weight excluding hydrogens is 165 g/mol. The summed E-state index contributed by atoms with van der Waals surface area (Å²) in [6, 6.07) is 0. The largest absolute Gasteiger partial charge is 0.475 e. The minimum atomic E-state index is -0.980. The van der Waals surface area contributed by atoms with Gasteiger partial charge in [-0.15, -0.1) is 0 Å². The highest BCUT2D eigenvalue weighted by Crippen LogP contribution is 1.96. The molecule has 0 aromatic rings. The number of carbonyl (C=O) groups excluding carboxylic acids is 1. The van der Waals surface area contributed by atoms with Crippen LogP contribution in [0.4, 0.5) is 0 Å². The molecular formula is C5H12BNO3S. The van der Waals surface area contributed by atoms with E-state index in [1.165, 1.54) is 6.82 Å². The summed E-state index contributed by atoms with van der Waals surface area (Å²) >= 11 is 3.92. The lowest BCUT2D eigenvalue weighted by molar-refractivity contribution is -0.131. The fraction of sp³-hybridized carbons (Fsp3) is 0.800. The summed E-state index contributed by atoms with van der Waals surface area (Å²) in [7, 11) is -0.980. The molecule has 0 aromatic heterocycles. The second kappa shape index (κ2) is 5.45. The first-order valence-corrected chi connectivity index (χ1v) is 3.95. The van der Waals surface area contributed by atoms with E-state index in [1.54, 1.807) is 6.92 Å². The quantitative estimate of drug-likeness (QED) is 0.314. The van der Waals surface area contributed by atoms with Crippen LogP contribution < -0.4 is 5.48 Å². The topological polar surface area (TPSA) is 58.6 Å². The molecule has 0 aliphatic heterocycles. The van der Waals surface area contributed by atoms with Crippen molar-refractivity contribution in [3.63, 3.8) is 0 Å². The first kappa shape index (κ1) is 10.8. The Kier molecular flexibility index (Phi) is 5.36. The minimum absolute atomic E-state index is 0.211. The van der Waals surface area contributed by atoms with E-state index >= 15 is 0 Å². The summed E-state index contributed by atoms with van der Waals surface area (Å²) in [6.45, 7) is 3.12. The van der Waals surface area contributed by atoms with Crippen molar-refractivity contribution in [3.8, 4) is 0 Å². The molecule has 11 heavy (non-hydrogen) atoms. The van der Waals surface area contributed by atoms with Gasteiger partial charge in [0.25, 0.3) is 0 Å². The normalized spacial score (nSPS) is 12.4. The van der Waals surface area contributed by atoms with Gasteiger partial charge in [-0.1, -0.05) is 6.92 Å². The fourth-order valence-corrected chi connectivity index (χ4v) is 0.493. The molecule has 0 spiro atoms. The third-order valence-electron chi connectivity index (χ3n) is 1.05. The predicted octanol–water partition coefficient (Wildman–Crippen LogP) is -0.290. The van der Waals surface area contributed by atoms with Crippen LogP contribution in [0.3, 0.4) is 0 Å². The lowest BCUT2D eigenvalue weighted by Crippen LogP contribution is -2.34. The predicted molar refractivity (Wildman–Crippen MR) is 46.1 cm³/mol. The highest BCUT2D eigenvalue weighted by Gasteiger charge is 2.12. The Bertz CT molecular complexity index is 133. The number of hydrogen-bond donors (Lipinski definition) is 3. The summed E-state index contributed by atoms with van der Waals surface area (Å²) in [5.41, 5.74) is 2.09. The Morgan fingerprint density at radius 2 is 2.45 bits per heavy atom. The number of hydroxylamine groups is 1. The standard InChI is InChI=1S/C5H12BNO3S/c1-4(3-11)5(8)7-10-6(2)9/h4,9,11H,3H2,1-2H3,(H,7,8). The molecule has 0 aliphatic rings. The Morgan fingerprint density at radius 3 is 2.82 bits per heavy atom. The fourth-order valence-electron chi connectivity index (χ4n) is 0.327. The molecule has 0 heterocycles. The van der Waals surface area contributed by atoms with Crippen molar-refractivity contribution in [2.75, 3.05) is 5.75 Å². The van der Waals surface area contributed by atoms with E-state index in [2.05, 4.69) is 22.9 Å². The molecule has 0 radical (unpaired) electrons. The molecule has 0 saturated heterocycles. The van der Waals surface area contributed by atoms with Gasteiger partial charge < -0.3 is 5.02 Å². The third-order valence-corrected chi connectivity index (χ3v) is 1.60. The average Bonchev–Trinajstić information content (AvgIpc) is 1.98. The molecule has 4 nitrogen and oxygen atoms in total. The van der Waals surface area contributed by atoms with Crippen molar-refractivity contribution in [2.24, 2.45) is 5.92 Å². The molecule has 2 N–H and O–H groups in total. The van der Waals surface area contributed by atoms with Crippen LogP contribution in [-0.2, 0) is 9.55 Å². The SMILES string of the molecule is CB(O)ONC(=O)C(C)CS. The zero-order chi connectivity index (χ0) is 8.85. The first-order valence-electron chi connectivity index (χ1n) is 3.32. The number of nitrogens with one attached hydrogen (secondary N) is 1. The van der Waals surface area contributed by atoms with Gasteiger partial charge >= 0.3 is 7.12 Å². The van der Waals surface area contributed by atoms with Gasteiger partial charge in [-0.25, -0.2) is 5.48 Å². The van der Waals surface area contributed by atoms with Gasteiger partial charge in [0.2, 0.25) is 5.91 Å². The van der Waals surface area contributed by atoms with Crippen molar-refractivity contribution in [1.82, 2.24) is 5.48 Å². The zero-order valence-corrected chi connectivity index (χ0v) is 7.47. The molecule has 0 rings (SSSR count). The number of carbonyl (C=O) groups is 1. The van der Waals surface area contributed by atoms with E-state index in [9.17, 15) is 4.79 Å². The maximum absolute atomic E-state index is 10.9. The second-order valence-electron chi connectivity index (χ2n) is 2.27. The lowest BCUT2D eigenvalue weighted by atomic mass is 9.98. The highest BCUT2D eigenvalue weighted by molar-refractivity contribution is 7.80. The Balaban J connectivity index is 3.52. The number of amides is 1. The Hall–Kier alpha value is -0.195. The van der Waals surface area contributed by atoms with Gasteiger partial charge in [-0.3, -0.25) is 9.55 Å². The van der Waals surface area contributed by atoms with Crippen molar-refractivity contribution < 1.29 is 14.6 Å². The zero-order valence-electron chi connectivity index (χ0n) is 6.57. The number of hydrogen-bond acceptors (Lipinski definition) is 4. The van der Waals surface area contributed by atoms with Crippen LogP contribution >= 0.6 is 12.6 Å². The van der Waals surface area contributed by atoms with Crippen LogP contribution in [0.1, 0.15) is 6.92 Å². The molecule has 0 fully saturated rings. The van der Waals surface area contributed by atoms with Gasteiger partial charge in [0.15, 0.2) is 0 Å². The summed E-state index contributed by atoms with van der Waals surface area (Å²) in [4.78, 5) is 10.9. The van der Waals surface area contributed by atoms with Crippen LogP contribution in [0.2, 0.25) is 6.82 Å². The van der Waals surface area contributed by atoms with E-state index in [0.29, 0.717) is 5.75 Å². The Morgan fingerprint density at radius 1 is 1.91 bits per heavy atom. The molecule has 1 amide bonds. The van der Waals surface area contributed by atoms with Crippen LogP contribution in [0, 0.1) is 5.92 Å². The maximum atomic E-state index is 10.9. The molecule has 1 atom stereocenters. The van der Waals surface area contributed by atoms with E-state index in [-0.39, 0.29) is 11.8 Å². The molecule has 1 unspecified atom stereocenters. The second-order valence-corrected chi connectivity index (χ2v) is 2.63. The third kappa shape index (κ3) is 5.12. The van der Waals surface area contributed by atoms with Crippen molar-refractivity contribution in [3.05, 3.63) is 0 Å². The monoisotopic (exact) mass is 177 g/mol. The van der Waals surface area contributed by atoms with E-state index in [1.807, 2.05) is 0 Å². The summed E-state index contributed by atoms with van der Waals surface area (Å²) < 4.78 is 4.45. The lowest BCUT2D eigenvalue weighted by Gasteiger charge is -2.09. The molecule has 6 heteroatoms.